The van der Waals surface area contributed by atoms with Gasteiger partial charge in [-0.2, -0.15) is 4.98 Å². The molecule has 0 bridgehead atoms. The van der Waals surface area contributed by atoms with Gasteiger partial charge in [-0.15, -0.1) is 10.2 Å². The van der Waals surface area contributed by atoms with Gasteiger partial charge in [0.15, 0.2) is 17.3 Å². The molecule has 8 heteroatoms. The van der Waals surface area contributed by atoms with Crippen molar-refractivity contribution in [3.63, 3.8) is 0 Å². The van der Waals surface area contributed by atoms with Gasteiger partial charge in [0.2, 0.25) is 0 Å². The number of amides is 1. The number of aryl methyl sites for hydroxylation is 1. The van der Waals surface area contributed by atoms with Crippen molar-refractivity contribution in [2.75, 3.05) is 0 Å². The third kappa shape index (κ3) is 3.02. The Bertz CT molecular complexity index is 1170. The van der Waals surface area contributed by atoms with Gasteiger partial charge in [-0.25, -0.2) is 0 Å². The van der Waals surface area contributed by atoms with Gasteiger partial charge in [0, 0.05) is 23.2 Å². The lowest BCUT2D eigenvalue weighted by atomic mass is 10.1. The fourth-order valence-electron chi connectivity index (χ4n) is 3.14. The van der Waals surface area contributed by atoms with Gasteiger partial charge in [0.25, 0.3) is 11.8 Å². The third-order valence-corrected chi connectivity index (χ3v) is 4.91. The summed E-state index contributed by atoms with van der Waals surface area (Å²) in [6.45, 7) is 2.19. The highest BCUT2D eigenvalue weighted by Gasteiger charge is 2.29. The number of hydrogen-bond acceptors (Lipinski definition) is 6. The molecular weight excluding hydrogens is 356 g/mol. The summed E-state index contributed by atoms with van der Waals surface area (Å²) in [7, 11) is 0. The Kier molecular flexibility index (Phi) is 3.89. The largest absolute Gasteiger partial charge is 0.345 e. The number of fused-ring (bicyclic) bond motifs is 1. The van der Waals surface area contributed by atoms with Crippen LogP contribution in [0.3, 0.4) is 0 Å². The maximum Gasteiger partial charge on any atom is 0.258 e. The van der Waals surface area contributed by atoms with Crippen molar-refractivity contribution >= 4 is 11.6 Å². The maximum absolute atomic E-state index is 12.4. The lowest BCUT2D eigenvalue weighted by Gasteiger charge is -2.06. The van der Waals surface area contributed by atoms with E-state index in [1.807, 2.05) is 47.9 Å². The molecule has 140 valence electrons. The fraction of sp³-hybridized carbons (Fsp3) is 0.250. The second kappa shape index (κ2) is 6.56. The van der Waals surface area contributed by atoms with Crippen molar-refractivity contribution in [1.82, 2.24) is 30.1 Å². The molecule has 4 aromatic rings. The summed E-state index contributed by atoms with van der Waals surface area (Å²) in [6.07, 6.45) is 4.10. The molecule has 28 heavy (non-hydrogen) atoms. The zero-order chi connectivity index (χ0) is 19.1. The summed E-state index contributed by atoms with van der Waals surface area (Å²) in [5, 5.41) is 15.3. The molecular formula is C20H18N6O2. The molecule has 0 spiro atoms. The van der Waals surface area contributed by atoms with E-state index in [-0.39, 0.29) is 12.5 Å². The molecule has 1 amide bonds. The topological polar surface area (TPSA) is 98.2 Å². The zero-order valence-corrected chi connectivity index (χ0v) is 15.3. The smallest absolute Gasteiger partial charge is 0.258 e. The molecule has 1 aromatic carbocycles. The number of rotatable bonds is 5. The van der Waals surface area contributed by atoms with Crippen LogP contribution in [0.25, 0.3) is 17.1 Å². The Balaban J connectivity index is 1.34. The van der Waals surface area contributed by atoms with Crippen LogP contribution >= 0.6 is 0 Å². The van der Waals surface area contributed by atoms with Crippen molar-refractivity contribution in [2.45, 2.75) is 32.2 Å². The molecule has 1 aliphatic rings. The summed E-state index contributed by atoms with van der Waals surface area (Å²) in [5.74, 6) is 2.22. The van der Waals surface area contributed by atoms with Crippen LogP contribution in [0.4, 0.5) is 0 Å². The average Bonchev–Trinajstić information content (AvgIpc) is 3.30. The Morgan fingerprint density at radius 2 is 2.11 bits per heavy atom. The molecule has 0 radical (unpaired) electrons. The summed E-state index contributed by atoms with van der Waals surface area (Å²) >= 11 is 0. The molecule has 0 saturated heterocycles. The highest BCUT2D eigenvalue weighted by Crippen LogP contribution is 2.38. The molecule has 8 nitrogen and oxygen atoms in total. The standard InChI is InChI=1S/C20H18N6O2/c1-12-4-2-3-5-15(12)19(27)21-11-17-24-23-16-10-14(8-9-26(16)17)20-22-18(25-28-20)13-6-7-13/h2-5,8-10,13H,6-7,11H2,1H3,(H,21,27). The van der Waals surface area contributed by atoms with Crippen LogP contribution in [0.5, 0.6) is 0 Å². The minimum Gasteiger partial charge on any atom is -0.345 e. The third-order valence-electron chi connectivity index (χ3n) is 4.91. The number of hydrogen-bond donors (Lipinski definition) is 1. The number of carbonyl (C=O) groups is 1. The lowest BCUT2D eigenvalue weighted by molar-refractivity contribution is 0.0949. The molecule has 0 unspecified atom stereocenters. The average molecular weight is 374 g/mol. The van der Waals surface area contributed by atoms with Gasteiger partial charge in [-0.3, -0.25) is 9.20 Å². The Hall–Kier alpha value is -3.55. The van der Waals surface area contributed by atoms with E-state index in [9.17, 15) is 4.79 Å². The van der Waals surface area contributed by atoms with E-state index in [0.29, 0.717) is 28.8 Å². The quantitative estimate of drug-likeness (QED) is 0.577. The molecule has 1 fully saturated rings. The van der Waals surface area contributed by atoms with Crippen molar-refractivity contribution in [3.05, 3.63) is 65.4 Å². The number of benzene rings is 1. The molecule has 1 aliphatic carbocycles. The highest BCUT2D eigenvalue weighted by molar-refractivity contribution is 5.95. The number of pyridine rings is 1. The predicted molar refractivity (Wildman–Crippen MR) is 101 cm³/mol. The number of carbonyl (C=O) groups excluding carboxylic acids is 1. The van der Waals surface area contributed by atoms with Gasteiger partial charge >= 0.3 is 0 Å². The lowest BCUT2D eigenvalue weighted by Crippen LogP contribution is -2.24. The van der Waals surface area contributed by atoms with Crippen molar-refractivity contribution in [3.8, 4) is 11.5 Å². The van der Waals surface area contributed by atoms with E-state index in [0.717, 1.165) is 29.8 Å². The predicted octanol–water partition coefficient (Wildman–Crippen LogP) is 2.90. The second-order valence-corrected chi connectivity index (χ2v) is 6.99. The van der Waals surface area contributed by atoms with Crippen LogP contribution in [0.15, 0.2) is 47.1 Å². The maximum atomic E-state index is 12.4. The number of nitrogens with one attached hydrogen (secondary N) is 1. The summed E-state index contributed by atoms with van der Waals surface area (Å²) in [5.41, 5.74) is 3.04. The van der Waals surface area contributed by atoms with Crippen molar-refractivity contribution in [1.29, 1.82) is 0 Å². The Morgan fingerprint density at radius 3 is 2.93 bits per heavy atom. The molecule has 3 aromatic heterocycles. The SMILES string of the molecule is Cc1ccccc1C(=O)NCc1nnc2cc(-c3nc(C4CC4)no3)ccn12. The summed E-state index contributed by atoms with van der Waals surface area (Å²) < 4.78 is 7.20. The first-order valence-corrected chi connectivity index (χ1v) is 9.20. The van der Waals surface area contributed by atoms with Crippen LogP contribution in [0, 0.1) is 6.92 Å². The minimum atomic E-state index is -0.134. The summed E-state index contributed by atoms with van der Waals surface area (Å²) in [6, 6.07) is 11.2. The van der Waals surface area contributed by atoms with Gasteiger partial charge in [0.1, 0.15) is 0 Å². The van der Waals surface area contributed by atoms with Crippen molar-refractivity contribution < 1.29 is 9.32 Å². The molecule has 0 atom stereocenters. The van der Waals surface area contributed by atoms with E-state index in [4.69, 9.17) is 4.52 Å². The van der Waals surface area contributed by atoms with Crippen LogP contribution < -0.4 is 5.32 Å². The molecule has 5 rings (SSSR count). The first-order chi connectivity index (χ1) is 13.7. The van der Waals surface area contributed by atoms with E-state index >= 15 is 0 Å². The molecule has 3 heterocycles. The van der Waals surface area contributed by atoms with E-state index in [2.05, 4.69) is 25.7 Å². The van der Waals surface area contributed by atoms with E-state index < -0.39 is 0 Å². The monoisotopic (exact) mass is 374 g/mol. The van der Waals surface area contributed by atoms with Crippen LogP contribution in [0.2, 0.25) is 0 Å². The van der Waals surface area contributed by atoms with Crippen LogP contribution in [-0.2, 0) is 6.54 Å². The zero-order valence-electron chi connectivity index (χ0n) is 15.3. The Morgan fingerprint density at radius 1 is 1.25 bits per heavy atom. The van der Waals surface area contributed by atoms with Gasteiger partial charge in [-0.05, 0) is 43.5 Å². The van der Waals surface area contributed by atoms with Crippen molar-refractivity contribution in [2.24, 2.45) is 0 Å². The number of aromatic nitrogens is 5. The first kappa shape index (κ1) is 16.6. The van der Waals surface area contributed by atoms with Gasteiger partial charge in [-0.1, -0.05) is 23.4 Å². The summed E-state index contributed by atoms with van der Waals surface area (Å²) in [4.78, 5) is 16.9. The van der Waals surface area contributed by atoms with E-state index in [1.165, 1.54) is 0 Å². The molecule has 1 saturated carbocycles. The molecule has 1 N–H and O–H groups in total. The Labute approximate surface area is 160 Å². The minimum absolute atomic E-state index is 0.134. The number of nitrogens with zero attached hydrogens (tertiary/aromatic N) is 5. The van der Waals surface area contributed by atoms with Gasteiger partial charge < -0.3 is 9.84 Å². The highest BCUT2D eigenvalue weighted by atomic mass is 16.5. The fourth-order valence-corrected chi connectivity index (χ4v) is 3.14. The second-order valence-electron chi connectivity index (χ2n) is 6.99. The van der Waals surface area contributed by atoms with E-state index in [1.54, 1.807) is 6.07 Å². The van der Waals surface area contributed by atoms with Crippen LogP contribution in [-0.4, -0.2) is 30.6 Å². The molecule has 0 aliphatic heterocycles. The van der Waals surface area contributed by atoms with Gasteiger partial charge in [0.05, 0.1) is 6.54 Å². The first-order valence-electron chi connectivity index (χ1n) is 9.20. The normalized spacial score (nSPS) is 13.8. The van der Waals surface area contributed by atoms with Crippen LogP contribution in [0.1, 0.15) is 46.3 Å².